The Balaban J connectivity index is 3.90. The van der Waals surface area contributed by atoms with Gasteiger partial charge < -0.3 is 11.5 Å². The Bertz CT molecular complexity index is 154. The molecule has 0 amide bonds. The molecule has 0 aromatic carbocycles. The first-order valence-corrected chi connectivity index (χ1v) is 2.11. The Hall–Kier alpha value is -1.27. The van der Waals surface area contributed by atoms with Crippen LogP contribution in [-0.2, 0) is 0 Å². The summed E-state index contributed by atoms with van der Waals surface area (Å²) < 4.78 is 33.6. The molecule has 58 valence electrons. The summed E-state index contributed by atoms with van der Waals surface area (Å²) >= 11 is 0. The van der Waals surface area contributed by atoms with Crippen LogP contribution in [0, 0.1) is 0 Å². The summed E-state index contributed by atoms with van der Waals surface area (Å²) in [6.07, 6.45) is -4.79. The van der Waals surface area contributed by atoms with Crippen molar-refractivity contribution < 1.29 is 13.2 Å². The Morgan fingerprint density at radius 2 is 1.80 bits per heavy atom. The summed E-state index contributed by atoms with van der Waals surface area (Å²) in [4.78, 5) is 0. The Morgan fingerprint density at radius 3 is 2.10 bits per heavy atom. The molecule has 0 bridgehead atoms. The topological polar surface area (TPSA) is 76.8 Å². The van der Waals surface area contributed by atoms with E-state index >= 15 is 0 Å². The first kappa shape index (κ1) is 8.73. The molecule has 0 saturated carbocycles. The third-order valence-corrected chi connectivity index (χ3v) is 0.377. The number of guanidine groups is 1. The molecule has 0 aliphatic heterocycles. The van der Waals surface area contributed by atoms with Gasteiger partial charge in [-0.15, -0.1) is 5.10 Å². The predicted molar refractivity (Wildman–Crippen MR) is 30.4 cm³/mol. The molecule has 7 heteroatoms. The maximum Gasteiger partial charge on any atom is 0.428 e. The van der Waals surface area contributed by atoms with Crippen molar-refractivity contribution in [3.8, 4) is 0 Å². The van der Waals surface area contributed by atoms with Gasteiger partial charge in [-0.3, -0.25) is 0 Å². The normalized spacial score (nSPS) is 11.9. The molecule has 0 aromatic rings. The van der Waals surface area contributed by atoms with Gasteiger partial charge in [0.1, 0.15) is 6.21 Å². The first-order valence-electron chi connectivity index (χ1n) is 2.11. The van der Waals surface area contributed by atoms with Crippen LogP contribution in [0.2, 0.25) is 0 Å². The van der Waals surface area contributed by atoms with Gasteiger partial charge in [0, 0.05) is 0 Å². The van der Waals surface area contributed by atoms with E-state index in [4.69, 9.17) is 0 Å². The van der Waals surface area contributed by atoms with Gasteiger partial charge in [-0.2, -0.15) is 18.3 Å². The van der Waals surface area contributed by atoms with Crippen molar-refractivity contribution in [2.45, 2.75) is 6.18 Å². The molecule has 0 radical (unpaired) electrons. The van der Waals surface area contributed by atoms with E-state index in [1.807, 2.05) is 0 Å². The van der Waals surface area contributed by atoms with E-state index in [0.717, 1.165) is 0 Å². The highest BCUT2D eigenvalue weighted by atomic mass is 19.4. The number of halogens is 3. The van der Waals surface area contributed by atoms with Crippen LogP contribution in [-0.4, -0.2) is 18.4 Å². The Labute approximate surface area is 54.4 Å². The van der Waals surface area contributed by atoms with Gasteiger partial charge >= 0.3 is 6.18 Å². The SMILES string of the molecule is NC(N)=N/N=C/C(F)(F)F. The average Bonchev–Trinajstić information content (AvgIpc) is 1.59. The van der Waals surface area contributed by atoms with Crippen molar-refractivity contribution in [2.24, 2.45) is 21.7 Å². The van der Waals surface area contributed by atoms with Crippen molar-refractivity contribution in [1.82, 2.24) is 0 Å². The minimum Gasteiger partial charge on any atom is -0.369 e. The van der Waals surface area contributed by atoms with Gasteiger partial charge in [0.2, 0.25) is 5.96 Å². The zero-order valence-corrected chi connectivity index (χ0v) is 4.76. The molecule has 0 rings (SSSR count). The number of rotatable bonds is 1. The van der Waals surface area contributed by atoms with Crippen LogP contribution in [0.4, 0.5) is 13.2 Å². The van der Waals surface area contributed by atoms with Crippen LogP contribution >= 0.6 is 0 Å². The summed E-state index contributed by atoms with van der Waals surface area (Å²) in [5, 5.41) is 5.26. The van der Waals surface area contributed by atoms with Crippen LogP contribution in [0.1, 0.15) is 0 Å². The first-order chi connectivity index (χ1) is 4.42. The minimum absolute atomic E-state index is 0.313. The highest BCUT2D eigenvalue weighted by Crippen LogP contribution is 2.10. The number of nitrogens with two attached hydrogens (primary N) is 2. The monoisotopic (exact) mass is 154 g/mol. The largest absolute Gasteiger partial charge is 0.428 e. The number of alkyl halides is 3. The third kappa shape index (κ3) is 6.73. The second kappa shape index (κ2) is 3.04. The number of hydrogen-bond donors (Lipinski definition) is 2. The van der Waals surface area contributed by atoms with E-state index in [-0.39, 0.29) is 6.21 Å². The summed E-state index contributed by atoms with van der Waals surface area (Å²) in [7, 11) is 0. The second-order valence-corrected chi connectivity index (χ2v) is 1.31. The second-order valence-electron chi connectivity index (χ2n) is 1.31. The Kier molecular flexibility index (Phi) is 2.65. The molecule has 0 spiro atoms. The highest BCUT2D eigenvalue weighted by molar-refractivity contribution is 5.76. The molecule has 0 heterocycles. The summed E-state index contributed by atoms with van der Waals surface area (Å²) in [6.45, 7) is 0. The van der Waals surface area contributed by atoms with Crippen molar-refractivity contribution in [1.29, 1.82) is 0 Å². The van der Waals surface area contributed by atoms with E-state index in [0.29, 0.717) is 0 Å². The van der Waals surface area contributed by atoms with Gasteiger partial charge in [-0.25, -0.2) is 0 Å². The molecule has 4 N–H and O–H groups in total. The van der Waals surface area contributed by atoms with Crippen molar-refractivity contribution >= 4 is 12.2 Å². The smallest absolute Gasteiger partial charge is 0.369 e. The van der Waals surface area contributed by atoms with E-state index in [1.165, 1.54) is 0 Å². The molecule has 0 aromatic heterocycles. The van der Waals surface area contributed by atoms with Crippen LogP contribution in [0.15, 0.2) is 10.2 Å². The lowest BCUT2D eigenvalue weighted by molar-refractivity contribution is -0.0537. The maximum atomic E-state index is 11.2. The van der Waals surface area contributed by atoms with Crippen molar-refractivity contribution in [3.63, 3.8) is 0 Å². The number of nitrogens with zero attached hydrogens (tertiary/aromatic N) is 2. The van der Waals surface area contributed by atoms with E-state index in [9.17, 15) is 13.2 Å². The van der Waals surface area contributed by atoms with Gasteiger partial charge in [-0.1, -0.05) is 0 Å². The lowest BCUT2D eigenvalue weighted by atomic mass is 10.7. The fourth-order valence-corrected chi connectivity index (χ4v) is 0.161. The molecule has 0 unspecified atom stereocenters. The van der Waals surface area contributed by atoms with Crippen LogP contribution in [0.3, 0.4) is 0 Å². The molecule has 0 fully saturated rings. The van der Waals surface area contributed by atoms with E-state index in [1.54, 1.807) is 0 Å². The van der Waals surface area contributed by atoms with Gasteiger partial charge in [0.05, 0.1) is 0 Å². The summed E-state index contributed by atoms with van der Waals surface area (Å²) in [6, 6.07) is 0. The molecule has 0 aliphatic carbocycles. The van der Waals surface area contributed by atoms with Gasteiger partial charge in [0.15, 0.2) is 0 Å². The number of hydrogen-bond acceptors (Lipinski definition) is 2. The fourth-order valence-electron chi connectivity index (χ4n) is 0.161. The lowest BCUT2D eigenvalue weighted by Crippen LogP contribution is -2.22. The van der Waals surface area contributed by atoms with E-state index < -0.39 is 12.1 Å². The molecule has 0 aliphatic rings. The van der Waals surface area contributed by atoms with Crippen molar-refractivity contribution in [3.05, 3.63) is 0 Å². The zero-order chi connectivity index (χ0) is 8.20. The van der Waals surface area contributed by atoms with E-state index in [2.05, 4.69) is 21.7 Å². The predicted octanol–water partition coefficient (Wildman–Crippen LogP) is -0.192. The average molecular weight is 154 g/mol. The van der Waals surface area contributed by atoms with Crippen molar-refractivity contribution in [2.75, 3.05) is 0 Å². The molecule has 10 heavy (non-hydrogen) atoms. The molecule has 0 atom stereocenters. The molecule has 4 nitrogen and oxygen atoms in total. The van der Waals surface area contributed by atoms with Gasteiger partial charge in [0.25, 0.3) is 0 Å². The lowest BCUT2D eigenvalue weighted by Gasteiger charge is -1.92. The van der Waals surface area contributed by atoms with Crippen LogP contribution < -0.4 is 11.5 Å². The van der Waals surface area contributed by atoms with Gasteiger partial charge in [-0.05, 0) is 0 Å². The maximum absolute atomic E-state index is 11.2. The summed E-state index contributed by atoms with van der Waals surface area (Å²) in [5.74, 6) is -0.513. The summed E-state index contributed by atoms with van der Waals surface area (Å²) in [5.41, 5.74) is 9.34. The molecular weight excluding hydrogens is 149 g/mol. The van der Waals surface area contributed by atoms with Crippen LogP contribution in [0.25, 0.3) is 0 Å². The standard InChI is InChI=1S/C3H5F3N4/c4-3(5,6)1-9-10-2(7)8/h1H,(H4,7,8,10)/b9-1+. The minimum atomic E-state index is -4.47. The van der Waals surface area contributed by atoms with Crippen LogP contribution in [0.5, 0.6) is 0 Å². The molecular formula is C3H5F3N4. The fraction of sp³-hybridized carbons (Fsp3) is 0.333. The highest BCUT2D eigenvalue weighted by Gasteiger charge is 2.23. The quantitative estimate of drug-likeness (QED) is 0.312. The molecule has 0 saturated heterocycles. The Morgan fingerprint density at radius 1 is 1.30 bits per heavy atom. The zero-order valence-electron chi connectivity index (χ0n) is 4.76. The third-order valence-electron chi connectivity index (χ3n) is 0.377.